The van der Waals surface area contributed by atoms with Crippen LogP contribution in [0.1, 0.15) is 39.3 Å². The van der Waals surface area contributed by atoms with Gasteiger partial charge in [0, 0.05) is 35.2 Å². The van der Waals surface area contributed by atoms with Crippen LogP contribution in [0.5, 0.6) is 0 Å². The summed E-state index contributed by atoms with van der Waals surface area (Å²) in [6, 6.07) is 15.1. The van der Waals surface area contributed by atoms with Crippen LogP contribution in [0.4, 0.5) is 16.4 Å². The van der Waals surface area contributed by atoms with Crippen molar-refractivity contribution in [3.05, 3.63) is 77.7 Å². The molecule has 0 spiro atoms. The molecule has 0 aliphatic carbocycles. The smallest absolute Gasteiger partial charge is 0.408 e. The molecule has 4 aromatic rings. The SMILES string of the molecule is C[C@@H](NC(=O)OC(C)(C)C)c1ccc(Nc2ncc3cc(-c4ccncc4)c(Cl)cc3n2)cc1. The maximum atomic E-state index is 12.0. The summed E-state index contributed by atoms with van der Waals surface area (Å²) >= 11 is 6.53. The number of pyridine rings is 1. The van der Waals surface area contributed by atoms with E-state index < -0.39 is 11.7 Å². The van der Waals surface area contributed by atoms with Gasteiger partial charge in [-0.3, -0.25) is 4.98 Å². The van der Waals surface area contributed by atoms with E-state index in [1.807, 2.05) is 76.2 Å². The summed E-state index contributed by atoms with van der Waals surface area (Å²) in [5.41, 5.74) is 3.87. The summed E-state index contributed by atoms with van der Waals surface area (Å²) in [7, 11) is 0. The van der Waals surface area contributed by atoms with Crippen LogP contribution in [0.15, 0.2) is 67.1 Å². The van der Waals surface area contributed by atoms with Gasteiger partial charge in [0.05, 0.1) is 16.6 Å². The van der Waals surface area contributed by atoms with E-state index >= 15 is 0 Å². The van der Waals surface area contributed by atoms with Gasteiger partial charge in [-0.15, -0.1) is 0 Å². The monoisotopic (exact) mass is 475 g/mol. The number of halogens is 1. The van der Waals surface area contributed by atoms with Gasteiger partial charge in [-0.2, -0.15) is 0 Å². The Balaban J connectivity index is 1.46. The molecule has 2 aromatic heterocycles. The maximum Gasteiger partial charge on any atom is 0.408 e. The lowest BCUT2D eigenvalue weighted by molar-refractivity contribution is 0.0508. The van der Waals surface area contributed by atoms with E-state index in [1.54, 1.807) is 18.6 Å². The van der Waals surface area contributed by atoms with Crippen LogP contribution in [0, 0.1) is 0 Å². The second-order valence-corrected chi connectivity index (χ2v) is 9.34. The highest BCUT2D eigenvalue weighted by Gasteiger charge is 2.18. The Morgan fingerprint density at radius 1 is 1.06 bits per heavy atom. The quantitative estimate of drug-likeness (QED) is 0.335. The minimum absolute atomic E-state index is 0.197. The van der Waals surface area contributed by atoms with Crippen LogP contribution in [0.25, 0.3) is 22.0 Å². The fraction of sp³-hybridized carbons (Fsp3) is 0.231. The number of carbonyl (C=O) groups is 1. The Morgan fingerprint density at radius 3 is 2.44 bits per heavy atom. The van der Waals surface area contributed by atoms with Crippen molar-refractivity contribution >= 4 is 40.2 Å². The molecule has 0 aliphatic rings. The fourth-order valence-electron chi connectivity index (χ4n) is 3.42. The van der Waals surface area contributed by atoms with Crippen LogP contribution < -0.4 is 10.6 Å². The second-order valence-electron chi connectivity index (χ2n) is 8.94. The van der Waals surface area contributed by atoms with E-state index in [0.29, 0.717) is 11.0 Å². The van der Waals surface area contributed by atoms with Crippen LogP contribution in [-0.4, -0.2) is 26.6 Å². The van der Waals surface area contributed by atoms with E-state index in [-0.39, 0.29) is 6.04 Å². The number of hydrogen-bond donors (Lipinski definition) is 2. The molecular formula is C26H26ClN5O2. The fourth-order valence-corrected chi connectivity index (χ4v) is 3.69. The standard InChI is InChI=1S/C26H26ClN5O2/c1-16(30-25(33)34-26(2,3)4)17-5-7-20(8-6-17)31-24-29-15-19-13-21(18-9-11-28-12-10-18)22(27)14-23(19)32-24/h5-16H,1-4H3,(H,30,33)(H,29,31,32)/t16-/m1/s1. The highest BCUT2D eigenvalue weighted by molar-refractivity contribution is 6.34. The van der Waals surface area contributed by atoms with Crippen molar-refractivity contribution in [2.24, 2.45) is 0 Å². The zero-order valence-corrected chi connectivity index (χ0v) is 20.2. The molecule has 0 unspecified atom stereocenters. The van der Waals surface area contributed by atoms with E-state index in [2.05, 4.69) is 25.6 Å². The van der Waals surface area contributed by atoms with Crippen molar-refractivity contribution in [1.82, 2.24) is 20.3 Å². The van der Waals surface area contributed by atoms with Gasteiger partial charge in [0.25, 0.3) is 0 Å². The number of fused-ring (bicyclic) bond motifs is 1. The lowest BCUT2D eigenvalue weighted by Gasteiger charge is -2.22. The molecule has 2 heterocycles. The maximum absolute atomic E-state index is 12.0. The minimum Gasteiger partial charge on any atom is -0.444 e. The number of ether oxygens (including phenoxy) is 1. The summed E-state index contributed by atoms with van der Waals surface area (Å²) < 4.78 is 5.32. The summed E-state index contributed by atoms with van der Waals surface area (Å²) in [4.78, 5) is 25.1. The van der Waals surface area contributed by atoms with E-state index in [9.17, 15) is 4.79 Å². The molecule has 2 aromatic carbocycles. The third kappa shape index (κ3) is 5.80. The summed E-state index contributed by atoms with van der Waals surface area (Å²) in [5, 5.41) is 7.55. The molecule has 1 atom stereocenters. The third-order valence-corrected chi connectivity index (χ3v) is 5.37. The number of carbonyl (C=O) groups excluding carboxylic acids is 1. The third-order valence-electron chi connectivity index (χ3n) is 5.06. The molecular weight excluding hydrogens is 450 g/mol. The van der Waals surface area contributed by atoms with Gasteiger partial charge >= 0.3 is 6.09 Å². The molecule has 0 radical (unpaired) electrons. The molecule has 7 nitrogen and oxygen atoms in total. The van der Waals surface area contributed by atoms with Crippen LogP contribution in [0.2, 0.25) is 5.02 Å². The van der Waals surface area contributed by atoms with Gasteiger partial charge in [-0.25, -0.2) is 14.8 Å². The van der Waals surface area contributed by atoms with E-state index in [0.717, 1.165) is 33.3 Å². The first-order chi connectivity index (χ1) is 16.2. The van der Waals surface area contributed by atoms with Crippen molar-refractivity contribution in [1.29, 1.82) is 0 Å². The Labute approximate surface area is 203 Å². The Morgan fingerprint density at radius 2 is 1.76 bits per heavy atom. The van der Waals surface area contributed by atoms with Crippen molar-refractivity contribution in [2.45, 2.75) is 39.3 Å². The average molecular weight is 476 g/mol. The molecule has 0 aliphatic heterocycles. The van der Waals surface area contributed by atoms with Gasteiger partial charge in [-0.05, 0) is 75.2 Å². The molecule has 4 rings (SSSR count). The topological polar surface area (TPSA) is 89.0 Å². The predicted molar refractivity (Wildman–Crippen MR) is 135 cm³/mol. The van der Waals surface area contributed by atoms with Crippen molar-refractivity contribution in [3.63, 3.8) is 0 Å². The normalized spacial score (nSPS) is 12.3. The molecule has 2 N–H and O–H groups in total. The van der Waals surface area contributed by atoms with E-state index in [1.165, 1.54) is 0 Å². The van der Waals surface area contributed by atoms with Crippen LogP contribution in [0.3, 0.4) is 0 Å². The van der Waals surface area contributed by atoms with E-state index in [4.69, 9.17) is 16.3 Å². The largest absolute Gasteiger partial charge is 0.444 e. The summed E-state index contributed by atoms with van der Waals surface area (Å²) in [6.07, 6.45) is 4.79. The summed E-state index contributed by atoms with van der Waals surface area (Å²) in [6.45, 7) is 7.41. The number of alkyl carbamates (subject to hydrolysis) is 1. The lowest BCUT2D eigenvalue weighted by atomic mass is 10.1. The zero-order chi connectivity index (χ0) is 24.3. The molecule has 0 saturated carbocycles. The van der Waals surface area contributed by atoms with Crippen LogP contribution >= 0.6 is 11.6 Å². The number of rotatable bonds is 5. The molecule has 0 saturated heterocycles. The van der Waals surface area contributed by atoms with Crippen LogP contribution in [-0.2, 0) is 4.74 Å². The Kier molecular flexibility index (Phi) is 6.65. The van der Waals surface area contributed by atoms with Crippen molar-refractivity contribution in [2.75, 3.05) is 5.32 Å². The zero-order valence-electron chi connectivity index (χ0n) is 19.5. The molecule has 34 heavy (non-hydrogen) atoms. The van der Waals surface area contributed by atoms with Gasteiger partial charge in [0.2, 0.25) is 5.95 Å². The number of aromatic nitrogens is 3. The molecule has 0 fully saturated rings. The number of nitrogens with zero attached hydrogens (tertiary/aromatic N) is 3. The van der Waals surface area contributed by atoms with Crippen molar-refractivity contribution in [3.8, 4) is 11.1 Å². The highest BCUT2D eigenvalue weighted by Crippen LogP contribution is 2.31. The highest BCUT2D eigenvalue weighted by atomic mass is 35.5. The number of hydrogen-bond acceptors (Lipinski definition) is 6. The first-order valence-corrected chi connectivity index (χ1v) is 11.3. The average Bonchev–Trinajstić information content (AvgIpc) is 2.78. The molecule has 1 amide bonds. The lowest BCUT2D eigenvalue weighted by Crippen LogP contribution is -2.34. The minimum atomic E-state index is -0.539. The Bertz CT molecular complexity index is 1300. The number of nitrogens with one attached hydrogen (secondary N) is 2. The van der Waals surface area contributed by atoms with Gasteiger partial charge in [0.15, 0.2) is 0 Å². The van der Waals surface area contributed by atoms with Gasteiger partial charge in [-0.1, -0.05) is 23.7 Å². The number of anilines is 2. The Hall–Kier alpha value is -3.71. The van der Waals surface area contributed by atoms with Gasteiger partial charge in [0.1, 0.15) is 5.60 Å². The molecule has 8 heteroatoms. The summed E-state index contributed by atoms with van der Waals surface area (Å²) in [5.74, 6) is 0.466. The van der Waals surface area contributed by atoms with Crippen molar-refractivity contribution < 1.29 is 9.53 Å². The molecule has 174 valence electrons. The first kappa shape index (κ1) is 23.4. The van der Waals surface area contributed by atoms with Gasteiger partial charge < -0.3 is 15.4 Å². The predicted octanol–water partition coefficient (Wildman–Crippen LogP) is 6.67. The first-order valence-electron chi connectivity index (χ1n) is 10.9. The second kappa shape index (κ2) is 9.65. The number of benzene rings is 2. The number of amides is 1. The molecule has 0 bridgehead atoms.